The van der Waals surface area contributed by atoms with Crippen molar-refractivity contribution in [2.24, 2.45) is 0 Å². The summed E-state index contributed by atoms with van der Waals surface area (Å²) in [5, 5.41) is 14.5. The van der Waals surface area contributed by atoms with E-state index in [9.17, 15) is 19.3 Å². The molecule has 1 fully saturated rings. The summed E-state index contributed by atoms with van der Waals surface area (Å²) in [7, 11) is 0. The number of carbonyl (C=O) groups is 1. The van der Waals surface area contributed by atoms with E-state index in [1.807, 2.05) is 0 Å². The highest BCUT2D eigenvalue weighted by atomic mass is 35.5. The van der Waals surface area contributed by atoms with Crippen LogP contribution in [0.1, 0.15) is 24.0 Å². The van der Waals surface area contributed by atoms with Gasteiger partial charge in [0.15, 0.2) is 0 Å². The van der Waals surface area contributed by atoms with E-state index in [-0.39, 0.29) is 23.0 Å². The zero-order chi connectivity index (χ0) is 25.4. The van der Waals surface area contributed by atoms with Gasteiger partial charge in [0.25, 0.3) is 5.69 Å². The maximum atomic E-state index is 14.3. The molecule has 3 aromatic carbocycles. The Morgan fingerprint density at radius 1 is 1.03 bits per heavy atom. The first-order chi connectivity index (χ1) is 17.2. The van der Waals surface area contributed by atoms with Crippen molar-refractivity contribution in [3.05, 3.63) is 97.8 Å². The SMILES string of the molecule is O=C(Nc1ccc(Cl)c(Cl)c1)N1CC2(CCN(Cc3ccc([N+](=O)[O-])cc3)CC2)c2cc(F)ccc21. The summed E-state index contributed by atoms with van der Waals surface area (Å²) in [6.45, 7) is 2.64. The lowest BCUT2D eigenvalue weighted by atomic mass is 9.74. The molecule has 2 heterocycles. The van der Waals surface area contributed by atoms with Crippen molar-refractivity contribution in [2.45, 2.75) is 24.8 Å². The van der Waals surface area contributed by atoms with Gasteiger partial charge in [-0.05, 0) is 73.5 Å². The van der Waals surface area contributed by atoms with Crippen LogP contribution in [-0.4, -0.2) is 35.5 Å². The molecule has 2 amide bonds. The Hall–Kier alpha value is -3.20. The van der Waals surface area contributed by atoms with Crippen LogP contribution in [0.3, 0.4) is 0 Å². The molecule has 0 saturated carbocycles. The van der Waals surface area contributed by atoms with Gasteiger partial charge in [0.05, 0.1) is 15.0 Å². The van der Waals surface area contributed by atoms with Crippen LogP contribution in [0, 0.1) is 15.9 Å². The quantitative estimate of drug-likeness (QED) is 0.304. The third kappa shape index (κ3) is 4.76. The van der Waals surface area contributed by atoms with Gasteiger partial charge in [-0.15, -0.1) is 0 Å². The molecule has 0 aliphatic carbocycles. The average molecular weight is 529 g/mol. The summed E-state index contributed by atoms with van der Waals surface area (Å²) in [5.41, 5.74) is 2.80. The number of anilines is 2. The maximum Gasteiger partial charge on any atom is 0.326 e. The number of rotatable bonds is 4. The number of piperidine rings is 1. The fraction of sp³-hybridized carbons (Fsp3) is 0.269. The molecular formula is C26H23Cl2FN4O3. The highest BCUT2D eigenvalue weighted by Crippen LogP contribution is 2.47. The second-order valence-electron chi connectivity index (χ2n) is 9.29. The number of nitro benzene ring substituents is 1. The molecule has 36 heavy (non-hydrogen) atoms. The number of carbonyl (C=O) groups excluding carboxylic acids is 1. The van der Waals surface area contributed by atoms with Crippen LogP contribution in [0.2, 0.25) is 10.0 Å². The molecule has 0 bridgehead atoms. The van der Waals surface area contributed by atoms with Crippen molar-refractivity contribution in [2.75, 3.05) is 29.9 Å². The number of nitrogens with one attached hydrogen (secondary N) is 1. The molecule has 2 aliphatic rings. The molecule has 7 nitrogen and oxygen atoms in total. The van der Waals surface area contributed by atoms with E-state index in [0.29, 0.717) is 34.5 Å². The summed E-state index contributed by atoms with van der Waals surface area (Å²) in [6, 6.07) is 15.8. The van der Waals surface area contributed by atoms with Crippen LogP contribution in [0.15, 0.2) is 60.7 Å². The largest absolute Gasteiger partial charge is 0.326 e. The second-order valence-corrected chi connectivity index (χ2v) is 10.1. The Kier molecular flexibility index (Phi) is 6.59. The number of benzene rings is 3. The first kappa shape index (κ1) is 24.5. The number of fused-ring (bicyclic) bond motifs is 2. The summed E-state index contributed by atoms with van der Waals surface area (Å²) in [5.74, 6) is -0.326. The van der Waals surface area contributed by atoms with Crippen LogP contribution in [0.25, 0.3) is 0 Å². The van der Waals surface area contributed by atoms with Crippen LogP contribution >= 0.6 is 23.2 Å². The van der Waals surface area contributed by atoms with Crippen molar-refractivity contribution in [1.82, 2.24) is 4.90 Å². The van der Waals surface area contributed by atoms with E-state index in [4.69, 9.17) is 23.2 Å². The zero-order valence-electron chi connectivity index (χ0n) is 19.2. The predicted molar refractivity (Wildman–Crippen MR) is 139 cm³/mol. The minimum Gasteiger partial charge on any atom is -0.307 e. The van der Waals surface area contributed by atoms with Gasteiger partial charge in [0, 0.05) is 42.0 Å². The van der Waals surface area contributed by atoms with E-state index in [1.165, 1.54) is 18.2 Å². The molecule has 2 aliphatic heterocycles. The lowest BCUT2D eigenvalue weighted by molar-refractivity contribution is -0.384. The fourth-order valence-corrected chi connectivity index (χ4v) is 5.43. The molecule has 1 N–H and O–H groups in total. The first-order valence-corrected chi connectivity index (χ1v) is 12.3. The van der Waals surface area contributed by atoms with Crippen LogP contribution < -0.4 is 10.2 Å². The monoisotopic (exact) mass is 528 g/mol. The topological polar surface area (TPSA) is 78.7 Å². The Balaban J connectivity index is 1.31. The van der Waals surface area contributed by atoms with Gasteiger partial charge in [-0.3, -0.25) is 19.9 Å². The molecule has 186 valence electrons. The van der Waals surface area contributed by atoms with Crippen molar-refractivity contribution < 1.29 is 14.1 Å². The van der Waals surface area contributed by atoms with Crippen molar-refractivity contribution >= 4 is 46.3 Å². The number of likely N-dealkylation sites (tertiary alicyclic amines) is 1. The predicted octanol–water partition coefficient (Wildman–Crippen LogP) is 6.63. The number of amides is 2. The number of halogens is 3. The molecule has 0 radical (unpaired) electrons. The van der Waals surface area contributed by atoms with E-state index in [2.05, 4.69) is 10.2 Å². The van der Waals surface area contributed by atoms with E-state index in [1.54, 1.807) is 47.4 Å². The van der Waals surface area contributed by atoms with Crippen LogP contribution in [-0.2, 0) is 12.0 Å². The van der Waals surface area contributed by atoms with Crippen molar-refractivity contribution in [3.63, 3.8) is 0 Å². The number of nitrogens with zero attached hydrogens (tertiary/aromatic N) is 3. The summed E-state index contributed by atoms with van der Waals surface area (Å²) in [4.78, 5) is 27.7. The van der Waals surface area contributed by atoms with Gasteiger partial charge in [-0.1, -0.05) is 35.3 Å². The van der Waals surface area contributed by atoms with Crippen molar-refractivity contribution in [3.8, 4) is 0 Å². The minimum absolute atomic E-state index is 0.0696. The third-order valence-corrected chi connectivity index (χ3v) is 7.80. The summed E-state index contributed by atoms with van der Waals surface area (Å²) >= 11 is 12.1. The number of nitro groups is 1. The highest BCUT2D eigenvalue weighted by molar-refractivity contribution is 6.42. The molecule has 0 atom stereocenters. The van der Waals surface area contributed by atoms with Gasteiger partial charge in [-0.2, -0.15) is 0 Å². The zero-order valence-corrected chi connectivity index (χ0v) is 20.7. The lowest BCUT2D eigenvalue weighted by Gasteiger charge is -2.40. The lowest BCUT2D eigenvalue weighted by Crippen LogP contribution is -2.46. The molecule has 1 spiro atoms. The first-order valence-electron chi connectivity index (χ1n) is 11.5. The third-order valence-electron chi connectivity index (χ3n) is 7.06. The highest BCUT2D eigenvalue weighted by Gasteiger charge is 2.46. The van der Waals surface area contributed by atoms with Gasteiger partial charge in [0.1, 0.15) is 5.82 Å². The second kappa shape index (κ2) is 9.69. The molecule has 10 heteroatoms. The molecular weight excluding hydrogens is 506 g/mol. The molecule has 3 aromatic rings. The normalized spacial score (nSPS) is 16.7. The van der Waals surface area contributed by atoms with Crippen molar-refractivity contribution in [1.29, 1.82) is 0 Å². The van der Waals surface area contributed by atoms with Crippen LogP contribution in [0.4, 0.5) is 26.2 Å². The summed E-state index contributed by atoms with van der Waals surface area (Å²) in [6.07, 6.45) is 1.51. The Labute approximate surface area is 217 Å². The Morgan fingerprint density at radius 2 is 1.75 bits per heavy atom. The molecule has 0 unspecified atom stereocenters. The standard InChI is InChI=1S/C26H23Cl2FN4O3/c27-22-7-4-19(14-23(22)28)30-25(34)32-16-26(21-13-18(29)3-8-24(21)32)9-11-31(12-10-26)15-17-1-5-20(6-2-17)33(35)36/h1-8,13-14H,9-12,15-16H2,(H,30,34). The van der Waals surface area contributed by atoms with Crippen LogP contribution in [0.5, 0.6) is 0 Å². The van der Waals surface area contributed by atoms with E-state index < -0.39 is 4.92 Å². The van der Waals surface area contributed by atoms with E-state index >= 15 is 0 Å². The van der Waals surface area contributed by atoms with Gasteiger partial charge >= 0.3 is 6.03 Å². The number of urea groups is 1. The van der Waals surface area contributed by atoms with Gasteiger partial charge in [-0.25, -0.2) is 9.18 Å². The number of hydrogen-bond donors (Lipinski definition) is 1. The van der Waals surface area contributed by atoms with E-state index in [0.717, 1.165) is 37.1 Å². The minimum atomic E-state index is -0.408. The smallest absolute Gasteiger partial charge is 0.307 e. The molecule has 0 aromatic heterocycles. The van der Waals surface area contributed by atoms with Gasteiger partial charge in [0.2, 0.25) is 0 Å². The maximum absolute atomic E-state index is 14.3. The summed E-state index contributed by atoms with van der Waals surface area (Å²) < 4.78 is 14.3. The fourth-order valence-electron chi connectivity index (χ4n) is 5.14. The Bertz CT molecular complexity index is 1330. The number of hydrogen-bond acceptors (Lipinski definition) is 4. The Morgan fingerprint density at radius 3 is 2.42 bits per heavy atom. The molecule has 5 rings (SSSR count). The van der Waals surface area contributed by atoms with Gasteiger partial charge < -0.3 is 5.32 Å². The number of non-ortho nitro benzene ring substituents is 1. The molecule has 1 saturated heterocycles. The average Bonchev–Trinajstić information content (AvgIpc) is 3.16.